The number of para-hydroxylation sites is 1. The molecule has 19 heavy (non-hydrogen) atoms. The van der Waals surface area contributed by atoms with Gasteiger partial charge in [0.25, 0.3) is 0 Å². The normalized spacial score (nSPS) is 12.8. The van der Waals surface area contributed by atoms with E-state index in [0.717, 1.165) is 18.5 Å². The molecule has 1 N–H and O–H groups in total. The summed E-state index contributed by atoms with van der Waals surface area (Å²) in [6.07, 6.45) is 6.38. The van der Waals surface area contributed by atoms with E-state index in [1.54, 1.807) is 0 Å². The van der Waals surface area contributed by atoms with Crippen molar-refractivity contribution in [2.45, 2.75) is 45.7 Å². The average molecular weight is 257 g/mol. The van der Waals surface area contributed by atoms with Gasteiger partial charge in [0.2, 0.25) is 0 Å². The lowest BCUT2D eigenvalue weighted by molar-refractivity contribution is 0.432. The van der Waals surface area contributed by atoms with Crippen molar-refractivity contribution >= 4 is 0 Å². The number of rotatable bonds is 6. The molecule has 3 heteroatoms. The van der Waals surface area contributed by atoms with Crippen LogP contribution < -0.4 is 5.32 Å². The molecule has 2 aromatic rings. The summed E-state index contributed by atoms with van der Waals surface area (Å²) in [6.45, 7) is 6.65. The Morgan fingerprint density at radius 2 is 1.84 bits per heavy atom. The third-order valence-corrected chi connectivity index (χ3v) is 3.59. The number of nitrogens with zero attached hydrogens (tertiary/aromatic N) is 2. The van der Waals surface area contributed by atoms with Gasteiger partial charge in [0.05, 0.1) is 11.9 Å². The molecular weight excluding hydrogens is 234 g/mol. The molecule has 0 aliphatic rings. The first-order valence-corrected chi connectivity index (χ1v) is 7.10. The second kappa shape index (κ2) is 6.53. The van der Waals surface area contributed by atoms with Gasteiger partial charge in [-0.25, -0.2) is 4.68 Å². The van der Waals surface area contributed by atoms with Gasteiger partial charge < -0.3 is 5.32 Å². The summed E-state index contributed by atoms with van der Waals surface area (Å²) in [7, 11) is 0. The van der Waals surface area contributed by atoms with E-state index in [9.17, 15) is 0 Å². The Hall–Kier alpha value is -1.61. The zero-order valence-electron chi connectivity index (χ0n) is 12.0. The van der Waals surface area contributed by atoms with Gasteiger partial charge in [-0.3, -0.25) is 0 Å². The van der Waals surface area contributed by atoms with E-state index in [1.807, 2.05) is 29.1 Å². The predicted octanol–water partition coefficient (Wildman–Crippen LogP) is 3.71. The molecule has 1 aromatic carbocycles. The molecule has 0 fully saturated rings. The Labute approximate surface area is 115 Å². The molecule has 0 aliphatic heterocycles. The van der Waals surface area contributed by atoms with Gasteiger partial charge in [0, 0.05) is 23.8 Å². The molecule has 1 aromatic heterocycles. The highest BCUT2D eigenvalue weighted by molar-refractivity contribution is 5.31. The van der Waals surface area contributed by atoms with Crippen LogP contribution in [0.2, 0.25) is 0 Å². The van der Waals surface area contributed by atoms with E-state index in [2.05, 4.69) is 49.5 Å². The fourth-order valence-electron chi connectivity index (χ4n) is 2.26. The first-order valence-electron chi connectivity index (χ1n) is 7.10. The summed E-state index contributed by atoms with van der Waals surface area (Å²) in [5.74, 6) is 0. The quantitative estimate of drug-likeness (QED) is 0.855. The van der Waals surface area contributed by atoms with Crippen molar-refractivity contribution < 1.29 is 0 Å². The molecule has 0 saturated heterocycles. The Balaban J connectivity index is 2.08. The van der Waals surface area contributed by atoms with Crippen LogP contribution >= 0.6 is 0 Å². The summed E-state index contributed by atoms with van der Waals surface area (Å²) in [5.41, 5.74) is 2.33. The van der Waals surface area contributed by atoms with Gasteiger partial charge in [0.1, 0.15) is 0 Å². The Morgan fingerprint density at radius 3 is 2.47 bits per heavy atom. The topological polar surface area (TPSA) is 29.9 Å². The summed E-state index contributed by atoms with van der Waals surface area (Å²) in [5, 5.41) is 8.09. The molecule has 1 unspecified atom stereocenters. The minimum atomic E-state index is 0.336. The van der Waals surface area contributed by atoms with Crippen molar-refractivity contribution in [3.8, 4) is 5.69 Å². The lowest BCUT2D eigenvalue weighted by Crippen LogP contribution is -2.30. The van der Waals surface area contributed by atoms with E-state index >= 15 is 0 Å². The van der Waals surface area contributed by atoms with Crippen LogP contribution in [0.25, 0.3) is 5.69 Å². The lowest BCUT2D eigenvalue weighted by atomic mass is 10.1. The van der Waals surface area contributed by atoms with Crippen LogP contribution in [0.4, 0.5) is 0 Å². The first kappa shape index (κ1) is 13.8. The van der Waals surface area contributed by atoms with Gasteiger partial charge in [-0.2, -0.15) is 5.10 Å². The Kier molecular flexibility index (Phi) is 4.74. The summed E-state index contributed by atoms with van der Waals surface area (Å²) >= 11 is 0. The van der Waals surface area contributed by atoms with Crippen molar-refractivity contribution in [3.63, 3.8) is 0 Å². The molecule has 102 valence electrons. The molecule has 3 nitrogen and oxygen atoms in total. The highest BCUT2D eigenvalue weighted by atomic mass is 15.3. The molecule has 1 atom stereocenters. The molecule has 2 rings (SSSR count). The zero-order chi connectivity index (χ0) is 13.7. The highest BCUT2D eigenvalue weighted by Gasteiger charge is 2.12. The van der Waals surface area contributed by atoms with Gasteiger partial charge in [-0.1, -0.05) is 32.0 Å². The summed E-state index contributed by atoms with van der Waals surface area (Å²) < 4.78 is 1.93. The molecule has 1 heterocycles. The minimum Gasteiger partial charge on any atom is -0.307 e. The van der Waals surface area contributed by atoms with Gasteiger partial charge in [0.15, 0.2) is 0 Å². The number of aromatic nitrogens is 2. The maximum absolute atomic E-state index is 4.44. The standard InChI is InChI=1S/C16H23N3/c1-4-15(5-2)18-13(3)14-11-17-19(12-14)16-9-7-6-8-10-16/h6-13,15,18H,4-5H2,1-3H3. The maximum atomic E-state index is 4.44. The number of benzene rings is 1. The van der Waals surface area contributed by atoms with Crippen LogP contribution in [0, 0.1) is 0 Å². The van der Waals surface area contributed by atoms with Crippen LogP contribution in [0.3, 0.4) is 0 Å². The van der Waals surface area contributed by atoms with Crippen molar-refractivity contribution in [1.82, 2.24) is 15.1 Å². The molecule has 0 radical (unpaired) electrons. The molecule has 0 bridgehead atoms. The Bertz CT molecular complexity index is 486. The van der Waals surface area contributed by atoms with Gasteiger partial charge in [-0.15, -0.1) is 0 Å². The smallest absolute Gasteiger partial charge is 0.0645 e. The van der Waals surface area contributed by atoms with Crippen molar-refractivity contribution in [3.05, 3.63) is 48.3 Å². The summed E-state index contributed by atoms with van der Waals surface area (Å²) in [4.78, 5) is 0. The fourth-order valence-corrected chi connectivity index (χ4v) is 2.26. The Morgan fingerprint density at radius 1 is 1.16 bits per heavy atom. The van der Waals surface area contributed by atoms with Crippen molar-refractivity contribution in [1.29, 1.82) is 0 Å². The minimum absolute atomic E-state index is 0.336. The van der Waals surface area contributed by atoms with Crippen LogP contribution in [-0.4, -0.2) is 15.8 Å². The zero-order valence-corrected chi connectivity index (χ0v) is 12.0. The monoisotopic (exact) mass is 257 g/mol. The molecular formula is C16H23N3. The van der Waals surface area contributed by atoms with E-state index in [4.69, 9.17) is 0 Å². The fraction of sp³-hybridized carbons (Fsp3) is 0.438. The second-order valence-electron chi connectivity index (χ2n) is 4.96. The lowest BCUT2D eigenvalue weighted by Gasteiger charge is -2.20. The SMILES string of the molecule is CCC(CC)NC(C)c1cnn(-c2ccccc2)c1. The molecule has 0 amide bonds. The van der Waals surface area contributed by atoms with Crippen molar-refractivity contribution in [2.75, 3.05) is 0 Å². The number of hydrogen-bond acceptors (Lipinski definition) is 2. The third-order valence-electron chi connectivity index (χ3n) is 3.59. The molecule has 0 saturated carbocycles. The van der Waals surface area contributed by atoms with Crippen LogP contribution in [0.15, 0.2) is 42.7 Å². The van der Waals surface area contributed by atoms with Gasteiger partial charge in [-0.05, 0) is 31.9 Å². The molecule has 0 spiro atoms. The van der Waals surface area contributed by atoms with E-state index in [0.29, 0.717) is 12.1 Å². The largest absolute Gasteiger partial charge is 0.307 e. The van der Waals surface area contributed by atoms with Crippen molar-refractivity contribution in [2.24, 2.45) is 0 Å². The van der Waals surface area contributed by atoms with E-state index < -0.39 is 0 Å². The first-order chi connectivity index (χ1) is 9.24. The molecule has 0 aliphatic carbocycles. The highest BCUT2D eigenvalue weighted by Crippen LogP contribution is 2.16. The average Bonchev–Trinajstić information content (AvgIpc) is 2.95. The predicted molar refractivity (Wildman–Crippen MR) is 79.5 cm³/mol. The second-order valence-corrected chi connectivity index (χ2v) is 4.96. The number of hydrogen-bond donors (Lipinski definition) is 1. The van der Waals surface area contributed by atoms with Gasteiger partial charge >= 0.3 is 0 Å². The van der Waals surface area contributed by atoms with E-state index in [-0.39, 0.29) is 0 Å². The summed E-state index contributed by atoms with van der Waals surface area (Å²) in [6, 6.07) is 11.1. The number of nitrogens with one attached hydrogen (secondary N) is 1. The third kappa shape index (κ3) is 3.44. The van der Waals surface area contributed by atoms with Crippen LogP contribution in [-0.2, 0) is 0 Å². The van der Waals surface area contributed by atoms with E-state index in [1.165, 1.54) is 5.56 Å². The van der Waals surface area contributed by atoms with Crippen LogP contribution in [0.5, 0.6) is 0 Å². The maximum Gasteiger partial charge on any atom is 0.0645 e. The van der Waals surface area contributed by atoms with Crippen LogP contribution in [0.1, 0.15) is 45.2 Å².